The van der Waals surface area contributed by atoms with Crippen LogP contribution >= 0.6 is 0 Å². The third-order valence-corrected chi connectivity index (χ3v) is 3.76. The van der Waals surface area contributed by atoms with Gasteiger partial charge in [0.2, 0.25) is 0 Å². The molecule has 1 atom stereocenters. The predicted octanol–water partition coefficient (Wildman–Crippen LogP) is 2.25. The van der Waals surface area contributed by atoms with Gasteiger partial charge in [-0.3, -0.25) is 4.79 Å². The van der Waals surface area contributed by atoms with Crippen molar-refractivity contribution in [3.63, 3.8) is 0 Å². The Hall–Kier alpha value is -2.13. The van der Waals surface area contributed by atoms with Crippen molar-refractivity contribution in [3.05, 3.63) is 71.8 Å². The lowest BCUT2D eigenvalue weighted by Crippen LogP contribution is -2.92. The van der Waals surface area contributed by atoms with E-state index in [-0.39, 0.29) is 18.0 Å². The number of benzene rings is 2. The summed E-state index contributed by atoms with van der Waals surface area (Å²) in [5.41, 5.74) is 2.42. The third kappa shape index (κ3) is 4.43. The molecule has 0 saturated carbocycles. The van der Waals surface area contributed by atoms with E-state index in [1.165, 1.54) is 11.1 Å². The van der Waals surface area contributed by atoms with Crippen molar-refractivity contribution in [2.24, 2.45) is 0 Å². The van der Waals surface area contributed by atoms with Crippen LogP contribution in [0.15, 0.2) is 60.7 Å². The number of rotatable bonds is 7. The van der Waals surface area contributed by atoms with E-state index in [9.17, 15) is 4.79 Å². The first-order valence-corrected chi connectivity index (χ1v) is 7.95. The van der Waals surface area contributed by atoms with Crippen LogP contribution in [0.4, 0.5) is 0 Å². The van der Waals surface area contributed by atoms with Crippen molar-refractivity contribution in [1.82, 2.24) is 5.32 Å². The van der Waals surface area contributed by atoms with Gasteiger partial charge in [-0.25, -0.2) is 0 Å². The highest BCUT2D eigenvalue weighted by Gasteiger charge is 2.24. The average Bonchev–Trinajstić information content (AvgIpc) is 2.58. The van der Waals surface area contributed by atoms with Gasteiger partial charge in [0.25, 0.3) is 5.91 Å². The predicted molar refractivity (Wildman–Crippen MR) is 89.4 cm³/mol. The van der Waals surface area contributed by atoms with Crippen molar-refractivity contribution in [3.8, 4) is 0 Å². The molecule has 0 spiro atoms. The van der Waals surface area contributed by atoms with Crippen LogP contribution in [0, 0.1) is 0 Å². The number of hydrogen-bond acceptors (Lipinski definition) is 1. The number of carbonyl (C=O) groups is 1. The molecule has 0 bridgehead atoms. The molecule has 0 heterocycles. The van der Waals surface area contributed by atoms with E-state index in [0.29, 0.717) is 0 Å². The molecule has 22 heavy (non-hydrogen) atoms. The van der Waals surface area contributed by atoms with Gasteiger partial charge in [0, 0.05) is 17.7 Å². The van der Waals surface area contributed by atoms with Gasteiger partial charge >= 0.3 is 0 Å². The second-order valence-electron chi connectivity index (χ2n) is 5.57. The fourth-order valence-electron chi connectivity index (χ4n) is 2.52. The molecule has 0 radical (unpaired) electrons. The van der Waals surface area contributed by atoms with E-state index >= 15 is 0 Å². The second kappa shape index (κ2) is 8.35. The molecule has 0 aliphatic rings. The Morgan fingerprint density at radius 3 is 1.95 bits per heavy atom. The SMILES string of the molecule is CCCNC(=O)[C@@H](C)[NH2+]C(c1ccccc1)c1ccccc1. The molecule has 2 aromatic rings. The zero-order valence-corrected chi connectivity index (χ0v) is 13.3. The van der Waals surface area contributed by atoms with Crippen LogP contribution in [-0.4, -0.2) is 18.5 Å². The molecule has 0 aliphatic heterocycles. The number of carbonyl (C=O) groups excluding carboxylic acids is 1. The quantitative estimate of drug-likeness (QED) is 0.809. The van der Waals surface area contributed by atoms with E-state index in [2.05, 4.69) is 41.8 Å². The summed E-state index contributed by atoms with van der Waals surface area (Å²) in [6.07, 6.45) is 0.958. The fourth-order valence-corrected chi connectivity index (χ4v) is 2.52. The van der Waals surface area contributed by atoms with Crippen LogP contribution in [0.2, 0.25) is 0 Å². The zero-order chi connectivity index (χ0) is 15.8. The molecule has 0 aliphatic carbocycles. The highest BCUT2D eigenvalue weighted by atomic mass is 16.2. The minimum absolute atomic E-state index is 0.0960. The number of quaternary nitrogens is 1. The highest BCUT2D eigenvalue weighted by Crippen LogP contribution is 2.17. The molecular weight excluding hydrogens is 272 g/mol. The molecule has 3 nitrogen and oxygen atoms in total. The Balaban J connectivity index is 2.17. The minimum atomic E-state index is -0.128. The van der Waals surface area contributed by atoms with E-state index < -0.39 is 0 Å². The van der Waals surface area contributed by atoms with Crippen molar-refractivity contribution < 1.29 is 10.1 Å². The van der Waals surface area contributed by atoms with Crippen LogP contribution in [0.3, 0.4) is 0 Å². The summed E-state index contributed by atoms with van der Waals surface area (Å²) in [6.45, 7) is 4.76. The number of nitrogens with one attached hydrogen (secondary N) is 1. The van der Waals surface area contributed by atoms with Gasteiger partial charge in [0.1, 0.15) is 6.04 Å². The van der Waals surface area contributed by atoms with Gasteiger partial charge in [-0.2, -0.15) is 0 Å². The van der Waals surface area contributed by atoms with E-state index in [1.54, 1.807) is 0 Å². The van der Waals surface area contributed by atoms with Crippen molar-refractivity contribution in [2.75, 3.05) is 6.54 Å². The van der Waals surface area contributed by atoms with Crippen LogP contribution in [0.25, 0.3) is 0 Å². The maximum Gasteiger partial charge on any atom is 0.277 e. The first kappa shape index (κ1) is 16.2. The minimum Gasteiger partial charge on any atom is -0.351 e. The number of amides is 1. The molecule has 3 heteroatoms. The molecule has 2 aromatic carbocycles. The third-order valence-electron chi connectivity index (χ3n) is 3.76. The molecule has 0 aromatic heterocycles. The van der Waals surface area contributed by atoms with Gasteiger partial charge in [-0.05, 0) is 13.3 Å². The maximum absolute atomic E-state index is 12.2. The molecular formula is C19H25N2O+. The van der Waals surface area contributed by atoms with Crippen molar-refractivity contribution in [2.45, 2.75) is 32.4 Å². The van der Waals surface area contributed by atoms with Gasteiger partial charge in [-0.1, -0.05) is 67.6 Å². The summed E-state index contributed by atoms with van der Waals surface area (Å²) in [4.78, 5) is 12.2. The van der Waals surface area contributed by atoms with Gasteiger partial charge in [-0.15, -0.1) is 0 Å². The standard InChI is InChI=1S/C19H24N2O/c1-3-14-20-19(22)15(2)21-18(16-10-6-4-7-11-16)17-12-8-5-9-13-17/h4-13,15,18,21H,3,14H2,1-2H3,(H,20,22)/p+1/t15-/m1/s1. The molecule has 1 amide bonds. The van der Waals surface area contributed by atoms with Gasteiger partial charge < -0.3 is 10.6 Å². The summed E-state index contributed by atoms with van der Waals surface area (Å²) in [5.74, 6) is 0.0960. The number of nitrogens with two attached hydrogens (primary N) is 1. The second-order valence-corrected chi connectivity index (χ2v) is 5.57. The summed E-state index contributed by atoms with van der Waals surface area (Å²) in [7, 11) is 0. The van der Waals surface area contributed by atoms with Gasteiger partial charge in [0.15, 0.2) is 6.04 Å². The zero-order valence-electron chi connectivity index (χ0n) is 13.3. The van der Waals surface area contributed by atoms with E-state index in [4.69, 9.17) is 0 Å². The lowest BCUT2D eigenvalue weighted by atomic mass is 9.98. The van der Waals surface area contributed by atoms with E-state index in [1.807, 2.05) is 43.3 Å². The topological polar surface area (TPSA) is 45.7 Å². The Labute approximate surface area is 132 Å². The van der Waals surface area contributed by atoms with Crippen LogP contribution in [0.5, 0.6) is 0 Å². The monoisotopic (exact) mass is 297 g/mol. The first-order chi connectivity index (χ1) is 10.7. The molecule has 0 unspecified atom stereocenters. The van der Waals surface area contributed by atoms with Gasteiger partial charge in [0.05, 0.1) is 0 Å². The Morgan fingerprint density at radius 2 is 1.50 bits per heavy atom. The van der Waals surface area contributed by atoms with E-state index in [0.717, 1.165) is 13.0 Å². The Morgan fingerprint density at radius 1 is 1.00 bits per heavy atom. The summed E-state index contributed by atoms with van der Waals surface area (Å²) in [5, 5.41) is 5.10. The smallest absolute Gasteiger partial charge is 0.277 e. The molecule has 116 valence electrons. The molecule has 0 fully saturated rings. The normalized spacial score (nSPS) is 12.1. The lowest BCUT2D eigenvalue weighted by molar-refractivity contribution is -0.704. The average molecular weight is 297 g/mol. The van der Waals surface area contributed by atoms with Crippen LogP contribution in [0.1, 0.15) is 37.4 Å². The maximum atomic E-state index is 12.2. The molecule has 3 N–H and O–H groups in total. The van der Waals surface area contributed by atoms with Crippen molar-refractivity contribution in [1.29, 1.82) is 0 Å². The van der Waals surface area contributed by atoms with Crippen molar-refractivity contribution >= 4 is 5.91 Å². The summed E-state index contributed by atoms with van der Waals surface area (Å²) < 4.78 is 0. The van der Waals surface area contributed by atoms with Crippen LogP contribution < -0.4 is 10.6 Å². The number of hydrogen-bond donors (Lipinski definition) is 2. The summed E-state index contributed by atoms with van der Waals surface area (Å²) in [6, 6.07) is 20.7. The highest BCUT2D eigenvalue weighted by molar-refractivity contribution is 5.79. The Bertz CT molecular complexity index is 529. The Kier molecular flexibility index (Phi) is 6.16. The summed E-state index contributed by atoms with van der Waals surface area (Å²) >= 11 is 0. The molecule has 2 rings (SSSR count). The van der Waals surface area contributed by atoms with Crippen LogP contribution in [-0.2, 0) is 4.79 Å². The first-order valence-electron chi connectivity index (χ1n) is 7.95. The molecule has 0 saturated heterocycles. The fraction of sp³-hybridized carbons (Fsp3) is 0.316. The lowest BCUT2D eigenvalue weighted by Gasteiger charge is -2.20. The largest absolute Gasteiger partial charge is 0.351 e.